The van der Waals surface area contributed by atoms with E-state index in [1.807, 2.05) is 27.7 Å². The molecule has 15 heavy (non-hydrogen) atoms. The molecule has 0 radical (unpaired) electrons. The predicted octanol–water partition coefficient (Wildman–Crippen LogP) is 1.68. The first-order valence-electron chi connectivity index (χ1n) is 4.82. The maximum Gasteiger partial charge on any atom is 0.233 e. The third-order valence-corrected chi connectivity index (χ3v) is 3.36. The first-order chi connectivity index (χ1) is 6.86. The summed E-state index contributed by atoms with van der Waals surface area (Å²) in [6.45, 7) is 7.86. The van der Waals surface area contributed by atoms with Crippen LogP contribution in [0.3, 0.4) is 0 Å². The van der Waals surface area contributed by atoms with E-state index in [4.69, 9.17) is 5.73 Å². The highest BCUT2D eigenvalue weighted by Crippen LogP contribution is 2.23. The second-order valence-corrected chi connectivity index (χ2v) is 5.41. The summed E-state index contributed by atoms with van der Waals surface area (Å²) < 4.78 is 0. The molecule has 1 aromatic rings. The van der Waals surface area contributed by atoms with Crippen LogP contribution in [0.4, 0.5) is 5.13 Å². The van der Waals surface area contributed by atoms with Gasteiger partial charge in [0.15, 0.2) is 5.13 Å². The van der Waals surface area contributed by atoms with Gasteiger partial charge in [-0.05, 0) is 27.7 Å². The Morgan fingerprint density at radius 1 is 1.53 bits per heavy atom. The van der Waals surface area contributed by atoms with Crippen LogP contribution >= 0.6 is 11.3 Å². The first-order valence-corrected chi connectivity index (χ1v) is 5.64. The van der Waals surface area contributed by atoms with E-state index in [2.05, 4.69) is 10.3 Å². The third-order valence-electron chi connectivity index (χ3n) is 2.37. The molecule has 0 aliphatic rings. The smallest absolute Gasteiger partial charge is 0.233 e. The maximum atomic E-state index is 11.8. The number of amides is 1. The van der Waals surface area contributed by atoms with Gasteiger partial charge < -0.3 is 11.1 Å². The summed E-state index contributed by atoms with van der Waals surface area (Å²) in [5, 5.41) is 3.43. The third kappa shape index (κ3) is 2.76. The molecule has 0 aliphatic heterocycles. The lowest BCUT2D eigenvalue weighted by atomic mass is 9.93. The predicted molar refractivity (Wildman–Crippen MR) is 63.1 cm³/mol. The zero-order chi connectivity index (χ0) is 11.6. The van der Waals surface area contributed by atoms with Gasteiger partial charge in [0.1, 0.15) is 0 Å². The molecule has 0 atom stereocenters. The van der Waals surface area contributed by atoms with E-state index < -0.39 is 5.41 Å². The molecular formula is C10H17N3OS. The van der Waals surface area contributed by atoms with Crippen LogP contribution in [0.5, 0.6) is 0 Å². The van der Waals surface area contributed by atoms with Gasteiger partial charge in [0.05, 0.1) is 11.1 Å². The fraction of sp³-hybridized carbons (Fsp3) is 0.600. The van der Waals surface area contributed by atoms with Crippen LogP contribution in [0.25, 0.3) is 0 Å². The van der Waals surface area contributed by atoms with E-state index in [1.165, 1.54) is 11.3 Å². The van der Waals surface area contributed by atoms with Crippen LogP contribution in [0.15, 0.2) is 0 Å². The molecule has 0 aliphatic carbocycles. The number of nitrogens with one attached hydrogen (secondary N) is 1. The van der Waals surface area contributed by atoms with E-state index in [-0.39, 0.29) is 5.91 Å². The monoisotopic (exact) mass is 227 g/mol. The van der Waals surface area contributed by atoms with Crippen molar-refractivity contribution in [2.45, 2.75) is 27.7 Å². The lowest BCUT2D eigenvalue weighted by Gasteiger charge is -2.19. The van der Waals surface area contributed by atoms with Crippen LogP contribution in [0.1, 0.15) is 24.4 Å². The summed E-state index contributed by atoms with van der Waals surface area (Å²) in [5.41, 5.74) is 5.93. The molecule has 0 saturated heterocycles. The van der Waals surface area contributed by atoms with Crippen molar-refractivity contribution >= 4 is 22.4 Å². The van der Waals surface area contributed by atoms with Crippen molar-refractivity contribution < 1.29 is 4.79 Å². The molecule has 1 heterocycles. The molecule has 1 aromatic heterocycles. The zero-order valence-corrected chi connectivity index (χ0v) is 10.4. The van der Waals surface area contributed by atoms with Crippen LogP contribution in [-0.2, 0) is 4.79 Å². The molecule has 0 bridgehead atoms. The summed E-state index contributed by atoms with van der Waals surface area (Å²) >= 11 is 1.49. The number of aromatic nitrogens is 1. The minimum absolute atomic E-state index is 0.0845. The highest BCUT2D eigenvalue weighted by atomic mass is 32.1. The van der Waals surface area contributed by atoms with Crippen molar-refractivity contribution in [3.8, 4) is 0 Å². The molecule has 4 nitrogen and oxygen atoms in total. The number of hydrogen-bond acceptors (Lipinski definition) is 4. The Morgan fingerprint density at radius 3 is 2.53 bits per heavy atom. The number of thiazole rings is 1. The average molecular weight is 227 g/mol. The minimum atomic E-state index is -0.548. The molecule has 0 aromatic carbocycles. The Bertz CT molecular complexity index is 351. The van der Waals surface area contributed by atoms with Crippen molar-refractivity contribution in [1.29, 1.82) is 0 Å². The van der Waals surface area contributed by atoms with Crippen molar-refractivity contribution in [2.75, 3.05) is 11.9 Å². The van der Waals surface area contributed by atoms with Crippen LogP contribution in [0.2, 0.25) is 0 Å². The quantitative estimate of drug-likeness (QED) is 0.825. The molecule has 0 spiro atoms. The van der Waals surface area contributed by atoms with Crippen LogP contribution < -0.4 is 11.1 Å². The zero-order valence-electron chi connectivity index (χ0n) is 9.55. The number of rotatable bonds is 3. The molecule has 1 rings (SSSR count). The molecular weight excluding hydrogens is 210 g/mol. The fourth-order valence-corrected chi connectivity index (χ4v) is 1.69. The molecule has 84 valence electrons. The highest BCUT2D eigenvalue weighted by Gasteiger charge is 2.26. The Balaban J connectivity index is 2.75. The number of carbonyl (C=O) groups excluding carboxylic acids is 1. The summed E-state index contributed by atoms with van der Waals surface area (Å²) in [4.78, 5) is 17.1. The van der Waals surface area contributed by atoms with E-state index in [0.717, 1.165) is 10.6 Å². The number of nitrogens with zero attached hydrogens (tertiary/aromatic N) is 1. The second-order valence-electron chi connectivity index (χ2n) is 4.20. The number of carbonyl (C=O) groups is 1. The number of hydrogen-bond donors (Lipinski definition) is 2. The first kappa shape index (κ1) is 12.1. The van der Waals surface area contributed by atoms with Gasteiger partial charge in [-0.15, -0.1) is 11.3 Å². The lowest BCUT2D eigenvalue weighted by Crippen LogP contribution is -2.37. The average Bonchev–Trinajstić information content (AvgIpc) is 2.46. The SMILES string of the molecule is Cc1nc(NC(=O)C(C)(C)CN)sc1C. The van der Waals surface area contributed by atoms with Gasteiger partial charge in [0, 0.05) is 11.4 Å². The summed E-state index contributed by atoms with van der Waals surface area (Å²) in [6, 6.07) is 0. The molecule has 5 heteroatoms. The fourth-order valence-electron chi connectivity index (χ4n) is 0.885. The van der Waals surface area contributed by atoms with E-state index in [1.54, 1.807) is 0 Å². The summed E-state index contributed by atoms with van der Waals surface area (Å²) in [7, 11) is 0. The Hall–Kier alpha value is -0.940. The Kier molecular flexibility index (Phi) is 3.46. The Morgan fingerprint density at radius 2 is 2.13 bits per heavy atom. The van der Waals surface area contributed by atoms with Gasteiger partial charge in [-0.3, -0.25) is 4.79 Å². The number of aryl methyl sites for hydroxylation is 2. The van der Waals surface area contributed by atoms with Gasteiger partial charge in [0.2, 0.25) is 5.91 Å². The van der Waals surface area contributed by atoms with E-state index in [0.29, 0.717) is 11.7 Å². The number of anilines is 1. The molecule has 3 N–H and O–H groups in total. The molecule has 0 unspecified atom stereocenters. The van der Waals surface area contributed by atoms with Crippen molar-refractivity contribution in [2.24, 2.45) is 11.1 Å². The maximum absolute atomic E-state index is 11.8. The van der Waals surface area contributed by atoms with Gasteiger partial charge in [-0.25, -0.2) is 4.98 Å². The van der Waals surface area contributed by atoms with Crippen LogP contribution in [0, 0.1) is 19.3 Å². The van der Waals surface area contributed by atoms with Gasteiger partial charge in [-0.2, -0.15) is 0 Å². The Labute approximate surface area is 93.9 Å². The van der Waals surface area contributed by atoms with Crippen LogP contribution in [-0.4, -0.2) is 17.4 Å². The standard InChI is InChI=1S/C10H17N3OS/c1-6-7(2)15-9(12-6)13-8(14)10(3,4)5-11/h5,11H2,1-4H3,(H,12,13,14). The number of nitrogens with two attached hydrogens (primary N) is 1. The molecule has 0 saturated carbocycles. The normalized spacial score (nSPS) is 11.5. The van der Waals surface area contributed by atoms with Gasteiger partial charge in [0.25, 0.3) is 0 Å². The topological polar surface area (TPSA) is 68.0 Å². The second kappa shape index (κ2) is 4.28. The van der Waals surface area contributed by atoms with Crippen molar-refractivity contribution in [1.82, 2.24) is 4.98 Å². The minimum Gasteiger partial charge on any atom is -0.329 e. The summed E-state index contributed by atoms with van der Waals surface area (Å²) in [6.07, 6.45) is 0. The van der Waals surface area contributed by atoms with Gasteiger partial charge >= 0.3 is 0 Å². The summed E-state index contributed by atoms with van der Waals surface area (Å²) in [5.74, 6) is -0.0845. The van der Waals surface area contributed by atoms with E-state index in [9.17, 15) is 4.79 Å². The molecule has 0 fully saturated rings. The largest absolute Gasteiger partial charge is 0.329 e. The lowest BCUT2D eigenvalue weighted by molar-refractivity contribution is -0.123. The molecule has 1 amide bonds. The highest BCUT2D eigenvalue weighted by molar-refractivity contribution is 7.15. The van der Waals surface area contributed by atoms with Crippen molar-refractivity contribution in [3.63, 3.8) is 0 Å². The van der Waals surface area contributed by atoms with E-state index >= 15 is 0 Å². The van der Waals surface area contributed by atoms with Gasteiger partial charge in [-0.1, -0.05) is 0 Å². The van der Waals surface area contributed by atoms with Crippen molar-refractivity contribution in [3.05, 3.63) is 10.6 Å².